The maximum atomic E-state index is 12.1. The zero-order valence-corrected chi connectivity index (χ0v) is 13.5. The highest BCUT2D eigenvalue weighted by Gasteiger charge is 2.46. The van der Waals surface area contributed by atoms with Gasteiger partial charge >= 0.3 is 5.97 Å². The molecule has 5 nitrogen and oxygen atoms in total. The van der Waals surface area contributed by atoms with Crippen LogP contribution in [0.1, 0.15) is 46.0 Å². The van der Waals surface area contributed by atoms with Gasteiger partial charge in [-0.15, -0.1) is 0 Å². The zero-order chi connectivity index (χ0) is 15.3. The van der Waals surface area contributed by atoms with Crippen molar-refractivity contribution < 1.29 is 14.3 Å². The lowest BCUT2D eigenvalue weighted by Gasteiger charge is -2.35. The molecule has 3 atom stereocenters. The zero-order valence-electron chi connectivity index (χ0n) is 13.5. The largest absolute Gasteiger partial charge is 0.465 e. The fraction of sp³-hybridized carbons (Fsp3) is 0.938. The summed E-state index contributed by atoms with van der Waals surface area (Å²) in [6, 6.07) is 0. The third kappa shape index (κ3) is 3.96. The SMILES string of the molecule is CCOC(=O)C1(N)CCCC1CCN1CCOC(CC)C1. The van der Waals surface area contributed by atoms with E-state index in [0.717, 1.165) is 58.3 Å². The monoisotopic (exact) mass is 298 g/mol. The van der Waals surface area contributed by atoms with Crippen molar-refractivity contribution in [2.24, 2.45) is 11.7 Å². The van der Waals surface area contributed by atoms with E-state index in [0.29, 0.717) is 12.7 Å². The van der Waals surface area contributed by atoms with Crippen LogP contribution in [0, 0.1) is 5.92 Å². The van der Waals surface area contributed by atoms with E-state index in [4.69, 9.17) is 15.2 Å². The molecule has 21 heavy (non-hydrogen) atoms. The molecule has 0 bridgehead atoms. The molecular formula is C16H30N2O3. The van der Waals surface area contributed by atoms with Gasteiger partial charge in [-0.05, 0) is 45.1 Å². The molecule has 1 aliphatic heterocycles. The van der Waals surface area contributed by atoms with Crippen molar-refractivity contribution in [2.45, 2.75) is 57.6 Å². The van der Waals surface area contributed by atoms with Gasteiger partial charge in [-0.3, -0.25) is 9.69 Å². The summed E-state index contributed by atoms with van der Waals surface area (Å²) in [7, 11) is 0. The summed E-state index contributed by atoms with van der Waals surface area (Å²) in [5.74, 6) is 0.0420. The third-order valence-corrected chi connectivity index (χ3v) is 5.00. The van der Waals surface area contributed by atoms with Crippen molar-refractivity contribution in [3.8, 4) is 0 Å². The van der Waals surface area contributed by atoms with Gasteiger partial charge in [-0.1, -0.05) is 13.3 Å². The van der Waals surface area contributed by atoms with Crippen molar-refractivity contribution >= 4 is 5.97 Å². The first kappa shape index (κ1) is 16.7. The van der Waals surface area contributed by atoms with Crippen LogP contribution in [-0.2, 0) is 14.3 Å². The van der Waals surface area contributed by atoms with Crippen molar-refractivity contribution in [1.29, 1.82) is 0 Å². The van der Waals surface area contributed by atoms with Crippen LogP contribution >= 0.6 is 0 Å². The van der Waals surface area contributed by atoms with E-state index < -0.39 is 5.54 Å². The minimum Gasteiger partial charge on any atom is -0.465 e. The molecule has 1 heterocycles. The highest BCUT2D eigenvalue weighted by atomic mass is 16.5. The normalized spacial score (nSPS) is 34.0. The second-order valence-corrected chi connectivity index (χ2v) is 6.34. The lowest BCUT2D eigenvalue weighted by molar-refractivity contribution is -0.151. The number of nitrogens with zero attached hydrogens (tertiary/aromatic N) is 1. The molecule has 0 aromatic carbocycles. The number of ether oxygens (including phenoxy) is 2. The number of carbonyl (C=O) groups excluding carboxylic acids is 1. The molecule has 1 aliphatic carbocycles. The van der Waals surface area contributed by atoms with Crippen LogP contribution in [0.3, 0.4) is 0 Å². The smallest absolute Gasteiger partial charge is 0.326 e. The number of morpholine rings is 1. The summed E-state index contributed by atoms with van der Waals surface area (Å²) in [4.78, 5) is 14.6. The van der Waals surface area contributed by atoms with Crippen LogP contribution in [-0.4, -0.2) is 55.4 Å². The molecule has 0 radical (unpaired) electrons. The second-order valence-electron chi connectivity index (χ2n) is 6.34. The predicted molar refractivity (Wildman–Crippen MR) is 82.0 cm³/mol. The van der Waals surface area contributed by atoms with Gasteiger partial charge in [0.05, 0.1) is 19.3 Å². The lowest BCUT2D eigenvalue weighted by atomic mass is 9.85. The van der Waals surface area contributed by atoms with Crippen molar-refractivity contribution in [1.82, 2.24) is 4.90 Å². The molecule has 2 N–H and O–H groups in total. The first-order valence-corrected chi connectivity index (χ1v) is 8.40. The summed E-state index contributed by atoms with van der Waals surface area (Å²) in [5.41, 5.74) is 5.63. The van der Waals surface area contributed by atoms with Crippen LogP contribution < -0.4 is 5.73 Å². The van der Waals surface area contributed by atoms with Gasteiger partial charge in [0.2, 0.25) is 0 Å². The maximum absolute atomic E-state index is 12.1. The Bertz CT molecular complexity index is 350. The van der Waals surface area contributed by atoms with Gasteiger partial charge in [0, 0.05) is 13.1 Å². The Morgan fingerprint density at radius 2 is 2.29 bits per heavy atom. The molecule has 2 fully saturated rings. The number of esters is 1. The Balaban J connectivity index is 1.85. The predicted octanol–water partition coefficient (Wildman–Crippen LogP) is 1.55. The van der Waals surface area contributed by atoms with E-state index in [2.05, 4.69) is 11.8 Å². The number of rotatable bonds is 6. The fourth-order valence-electron chi connectivity index (χ4n) is 3.61. The maximum Gasteiger partial charge on any atom is 0.326 e. The Kier molecular flexibility index (Phi) is 6.02. The summed E-state index contributed by atoms with van der Waals surface area (Å²) in [6.07, 6.45) is 5.22. The average Bonchev–Trinajstić information content (AvgIpc) is 2.88. The highest BCUT2D eigenvalue weighted by molar-refractivity contribution is 5.81. The summed E-state index contributed by atoms with van der Waals surface area (Å²) >= 11 is 0. The molecule has 1 saturated heterocycles. The molecule has 0 spiro atoms. The first-order chi connectivity index (χ1) is 10.1. The van der Waals surface area contributed by atoms with Gasteiger partial charge in [-0.2, -0.15) is 0 Å². The van der Waals surface area contributed by atoms with E-state index in [1.54, 1.807) is 0 Å². The number of hydrogen-bond acceptors (Lipinski definition) is 5. The Morgan fingerprint density at radius 3 is 3.00 bits per heavy atom. The fourth-order valence-corrected chi connectivity index (χ4v) is 3.61. The summed E-state index contributed by atoms with van der Waals surface area (Å²) < 4.78 is 10.9. The van der Waals surface area contributed by atoms with Crippen LogP contribution in [0.4, 0.5) is 0 Å². The van der Waals surface area contributed by atoms with Crippen molar-refractivity contribution in [3.63, 3.8) is 0 Å². The summed E-state index contributed by atoms with van der Waals surface area (Å²) in [5, 5.41) is 0. The van der Waals surface area contributed by atoms with E-state index in [1.807, 2.05) is 6.92 Å². The lowest BCUT2D eigenvalue weighted by Crippen LogP contribution is -2.53. The van der Waals surface area contributed by atoms with E-state index >= 15 is 0 Å². The topological polar surface area (TPSA) is 64.8 Å². The minimum absolute atomic E-state index is 0.207. The Labute approximate surface area is 128 Å². The molecule has 2 aliphatic rings. The van der Waals surface area contributed by atoms with Crippen molar-refractivity contribution in [2.75, 3.05) is 32.8 Å². The molecule has 0 amide bonds. The summed E-state index contributed by atoms with van der Waals surface area (Å²) in [6.45, 7) is 8.21. The molecule has 3 unspecified atom stereocenters. The Morgan fingerprint density at radius 1 is 1.48 bits per heavy atom. The number of carbonyl (C=O) groups is 1. The molecule has 0 aromatic heterocycles. The Hall–Kier alpha value is -0.650. The molecule has 5 heteroatoms. The number of hydrogen-bond donors (Lipinski definition) is 1. The molecular weight excluding hydrogens is 268 g/mol. The third-order valence-electron chi connectivity index (χ3n) is 5.00. The van der Waals surface area contributed by atoms with Gasteiger partial charge in [0.1, 0.15) is 5.54 Å². The van der Waals surface area contributed by atoms with Gasteiger partial charge in [0.15, 0.2) is 0 Å². The number of nitrogens with two attached hydrogens (primary N) is 1. The van der Waals surface area contributed by atoms with E-state index in [9.17, 15) is 4.79 Å². The van der Waals surface area contributed by atoms with Crippen molar-refractivity contribution in [3.05, 3.63) is 0 Å². The molecule has 2 rings (SSSR count). The van der Waals surface area contributed by atoms with Gasteiger partial charge in [-0.25, -0.2) is 0 Å². The highest BCUT2D eigenvalue weighted by Crippen LogP contribution is 2.37. The van der Waals surface area contributed by atoms with Gasteiger partial charge < -0.3 is 15.2 Å². The quantitative estimate of drug-likeness (QED) is 0.754. The molecule has 122 valence electrons. The standard InChI is InChI=1S/C16H30N2O3/c1-3-14-12-18(10-11-21-14)9-7-13-6-5-8-16(13,17)15(19)20-4-2/h13-14H,3-12,17H2,1-2H3. The van der Waals surface area contributed by atoms with Crippen LogP contribution in [0.5, 0.6) is 0 Å². The molecule has 0 aromatic rings. The first-order valence-electron chi connectivity index (χ1n) is 8.40. The average molecular weight is 298 g/mol. The van der Waals surface area contributed by atoms with E-state index in [1.165, 1.54) is 0 Å². The van der Waals surface area contributed by atoms with Crippen LogP contribution in [0.25, 0.3) is 0 Å². The second kappa shape index (κ2) is 7.56. The van der Waals surface area contributed by atoms with Crippen LogP contribution in [0.15, 0.2) is 0 Å². The minimum atomic E-state index is -0.757. The van der Waals surface area contributed by atoms with Crippen LogP contribution in [0.2, 0.25) is 0 Å². The molecule has 1 saturated carbocycles. The van der Waals surface area contributed by atoms with Gasteiger partial charge in [0.25, 0.3) is 0 Å². The van der Waals surface area contributed by atoms with E-state index in [-0.39, 0.29) is 11.9 Å².